The summed E-state index contributed by atoms with van der Waals surface area (Å²) in [6.45, 7) is 3.59. The van der Waals surface area contributed by atoms with Crippen LogP contribution in [0.4, 0.5) is 0 Å². The van der Waals surface area contributed by atoms with Gasteiger partial charge in [0.15, 0.2) is 0 Å². The van der Waals surface area contributed by atoms with Crippen LogP contribution in [0.5, 0.6) is 0 Å². The minimum absolute atomic E-state index is 0.0231. The zero-order valence-electron chi connectivity index (χ0n) is 12.0. The van der Waals surface area contributed by atoms with Gasteiger partial charge < -0.3 is 15.2 Å². The average molecular weight is 271 g/mol. The van der Waals surface area contributed by atoms with Crippen LogP contribution in [0.3, 0.4) is 0 Å². The number of rotatable bonds is 5. The van der Waals surface area contributed by atoms with Crippen LogP contribution in [0.25, 0.3) is 0 Å². The highest BCUT2D eigenvalue weighted by Crippen LogP contribution is 2.12. The monoisotopic (exact) mass is 271 g/mol. The van der Waals surface area contributed by atoms with Gasteiger partial charge in [0.05, 0.1) is 0 Å². The lowest BCUT2D eigenvalue weighted by Crippen LogP contribution is -2.35. The zero-order chi connectivity index (χ0) is 14.5. The Bertz CT molecular complexity index is 575. The van der Waals surface area contributed by atoms with Gasteiger partial charge in [-0.15, -0.1) is 0 Å². The Morgan fingerprint density at radius 1 is 1.20 bits per heavy atom. The molecule has 106 valence electrons. The summed E-state index contributed by atoms with van der Waals surface area (Å²) in [5.74, 6) is 0.0231. The van der Waals surface area contributed by atoms with E-state index in [-0.39, 0.29) is 5.91 Å². The van der Waals surface area contributed by atoms with Gasteiger partial charge in [0.25, 0.3) is 5.91 Å². The number of carbonyl (C=O) groups excluding carboxylic acids is 1. The van der Waals surface area contributed by atoms with E-state index in [0.717, 1.165) is 11.3 Å². The molecule has 1 aromatic carbocycles. The quantitative estimate of drug-likeness (QED) is 0.903. The summed E-state index contributed by atoms with van der Waals surface area (Å²) in [6.07, 6.45) is 0. The summed E-state index contributed by atoms with van der Waals surface area (Å²) in [4.78, 5) is 14.4. The molecule has 4 heteroatoms. The maximum Gasteiger partial charge on any atom is 0.270 e. The van der Waals surface area contributed by atoms with Crippen molar-refractivity contribution in [3.8, 4) is 0 Å². The van der Waals surface area contributed by atoms with Crippen molar-refractivity contribution in [3.05, 3.63) is 59.4 Å². The number of aryl methyl sites for hydroxylation is 1. The van der Waals surface area contributed by atoms with Crippen molar-refractivity contribution in [1.29, 1.82) is 0 Å². The van der Waals surface area contributed by atoms with Crippen molar-refractivity contribution in [2.45, 2.75) is 13.5 Å². The van der Waals surface area contributed by atoms with Crippen molar-refractivity contribution in [3.63, 3.8) is 0 Å². The number of hydrogen-bond donors (Lipinski definition) is 1. The molecule has 0 aliphatic carbocycles. The van der Waals surface area contributed by atoms with E-state index in [1.165, 1.54) is 0 Å². The van der Waals surface area contributed by atoms with Gasteiger partial charge in [-0.25, -0.2) is 0 Å². The van der Waals surface area contributed by atoms with Gasteiger partial charge in [0.2, 0.25) is 0 Å². The summed E-state index contributed by atoms with van der Waals surface area (Å²) in [7, 11) is 1.91. The first-order valence-electron chi connectivity index (χ1n) is 6.79. The van der Waals surface area contributed by atoms with Gasteiger partial charge in [0.1, 0.15) is 5.69 Å². The van der Waals surface area contributed by atoms with E-state index < -0.39 is 0 Å². The largest absolute Gasteiger partial charge is 0.344 e. The lowest BCUT2D eigenvalue weighted by atomic mass is 10.2. The standard InChI is InChI=1S/C16H21N3O/c1-13-8-9-15(18(13)2)16(20)19(11-10-17)12-14-6-4-3-5-7-14/h3-9H,10-12,17H2,1-2H3. The smallest absolute Gasteiger partial charge is 0.270 e. The number of aromatic nitrogens is 1. The Balaban J connectivity index is 2.20. The average Bonchev–Trinajstić information content (AvgIpc) is 2.79. The molecular weight excluding hydrogens is 250 g/mol. The number of benzene rings is 1. The summed E-state index contributed by atoms with van der Waals surface area (Å²) >= 11 is 0. The molecule has 1 heterocycles. The van der Waals surface area contributed by atoms with E-state index in [9.17, 15) is 4.79 Å². The molecule has 0 atom stereocenters. The first kappa shape index (κ1) is 14.3. The van der Waals surface area contributed by atoms with Gasteiger partial charge >= 0.3 is 0 Å². The minimum atomic E-state index is 0.0231. The zero-order valence-corrected chi connectivity index (χ0v) is 12.0. The predicted molar refractivity (Wildman–Crippen MR) is 80.4 cm³/mol. The van der Waals surface area contributed by atoms with E-state index in [1.807, 2.05) is 61.0 Å². The molecule has 0 aliphatic heterocycles. The van der Waals surface area contributed by atoms with Crippen LogP contribution in [-0.2, 0) is 13.6 Å². The molecule has 0 aliphatic rings. The van der Waals surface area contributed by atoms with Crippen LogP contribution >= 0.6 is 0 Å². The highest BCUT2D eigenvalue weighted by atomic mass is 16.2. The lowest BCUT2D eigenvalue weighted by molar-refractivity contribution is 0.0738. The molecule has 0 saturated heterocycles. The Kier molecular flexibility index (Phi) is 4.58. The number of hydrogen-bond acceptors (Lipinski definition) is 2. The van der Waals surface area contributed by atoms with Crippen molar-refractivity contribution in [2.75, 3.05) is 13.1 Å². The van der Waals surface area contributed by atoms with Gasteiger partial charge in [-0.05, 0) is 24.6 Å². The van der Waals surface area contributed by atoms with Crippen LogP contribution in [-0.4, -0.2) is 28.5 Å². The van der Waals surface area contributed by atoms with Crippen molar-refractivity contribution in [2.24, 2.45) is 12.8 Å². The number of nitrogens with two attached hydrogens (primary N) is 1. The minimum Gasteiger partial charge on any atom is -0.344 e. The van der Waals surface area contributed by atoms with Crippen molar-refractivity contribution < 1.29 is 4.79 Å². The summed E-state index contributed by atoms with van der Waals surface area (Å²) in [6, 6.07) is 13.8. The fourth-order valence-electron chi connectivity index (χ4n) is 2.20. The Hall–Kier alpha value is -2.07. The van der Waals surface area contributed by atoms with Crippen LogP contribution in [0.2, 0.25) is 0 Å². The number of nitrogens with zero attached hydrogens (tertiary/aromatic N) is 2. The summed E-state index contributed by atoms with van der Waals surface area (Å²) in [5.41, 5.74) is 8.52. The van der Waals surface area contributed by atoms with Gasteiger partial charge in [-0.2, -0.15) is 0 Å². The number of amides is 1. The number of carbonyl (C=O) groups is 1. The molecule has 0 saturated carbocycles. The third-order valence-corrected chi connectivity index (χ3v) is 3.49. The van der Waals surface area contributed by atoms with E-state index in [0.29, 0.717) is 25.3 Å². The van der Waals surface area contributed by atoms with E-state index in [2.05, 4.69) is 0 Å². The Morgan fingerprint density at radius 2 is 1.90 bits per heavy atom. The second kappa shape index (κ2) is 6.39. The normalized spacial score (nSPS) is 10.6. The van der Waals surface area contributed by atoms with Gasteiger partial charge in [-0.3, -0.25) is 4.79 Å². The fraction of sp³-hybridized carbons (Fsp3) is 0.312. The highest BCUT2D eigenvalue weighted by Gasteiger charge is 2.18. The van der Waals surface area contributed by atoms with Gasteiger partial charge in [-0.1, -0.05) is 30.3 Å². The van der Waals surface area contributed by atoms with Crippen LogP contribution < -0.4 is 5.73 Å². The van der Waals surface area contributed by atoms with E-state index >= 15 is 0 Å². The molecule has 0 radical (unpaired) electrons. The molecule has 0 bridgehead atoms. The third-order valence-electron chi connectivity index (χ3n) is 3.49. The third kappa shape index (κ3) is 3.08. The van der Waals surface area contributed by atoms with Crippen molar-refractivity contribution >= 4 is 5.91 Å². The molecule has 0 spiro atoms. The second-order valence-electron chi connectivity index (χ2n) is 4.92. The first-order chi connectivity index (χ1) is 9.63. The van der Waals surface area contributed by atoms with E-state index in [4.69, 9.17) is 5.73 Å². The van der Waals surface area contributed by atoms with Crippen LogP contribution in [0, 0.1) is 6.92 Å². The van der Waals surface area contributed by atoms with Crippen LogP contribution in [0.15, 0.2) is 42.5 Å². The molecule has 2 rings (SSSR count). The molecular formula is C16H21N3O. The summed E-state index contributed by atoms with van der Waals surface area (Å²) in [5, 5.41) is 0. The Morgan fingerprint density at radius 3 is 2.45 bits per heavy atom. The topological polar surface area (TPSA) is 51.3 Å². The molecule has 0 fully saturated rings. The maximum atomic E-state index is 12.6. The molecule has 4 nitrogen and oxygen atoms in total. The lowest BCUT2D eigenvalue weighted by Gasteiger charge is -2.22. The summed E-state index contributed by atoms with van der Waals surface area (Å²) < 4.78 is 1.91. The first-order valence-corrected chi connectivity index (χ1v) is 6.79. The Labute approximate surface area is 119 Å². The fourth-order valence-corrected chi connectivity index (χ4v) is 2.20. The van der Waals surface area contributed by atoms with Crippen molar-refractivity contribution in [1.82, 2.24) is 9.47 Å². The van der Waals surface area contributed by atoms with Gasteiger partial charge in [0, 0.05) is 32.4 Å². The molecule has 1 amide bonds. The van der Waals surface area contributed by atoms with E-state index in [1.54, 1.807) is 4.90 Å². The molecule has 2 aromatic rings. The second-order valence-corrected chi connectivity index (χ2v) is 4.92. The maximum absolute atomic E-state index is 12.6. The molecule has 1 aromatic heterocycles. The predicted octanol–water partition coefficient (Wildman–Crippen LogP) is 1.93. The SMILES string of the molecule is Cc1ccc(C(=O)N(CCN)Cc2ccccc2)n1C. The molecule has 20 heavy (non-hydrogen) atoms. The van der Waals surface area contributed by atoms with Crippen LogP contribution in [0.1, 0.15) is 21.7 Å². The molecule has 0 unspecified atom stereocenters. The highest BCUT2D eigenvalue weighted by molar-refractivity contribution is 5.93. The molecule has 2 N–H and O–H groups in total.